The Morgan fingerprint density at radius 2 is 1.90 bits per heavy atom. The summed E-state index contributed by atoms with van der Waals surface area (Å²) in [6.45, 7) is 2.53. The molecule has 0 atom stereocenters. The Morgan fingerprint density at radius 3 is 2.67 bits per heavy atom. The zero-order valence-corrected chi connectivity index (χ0v) is 12.4. The van der Waals surface area contributed by atoms with Gasteiger partial charge in [0.25, 0.3) is 5.91 Å². The van der Waals surface area contributed by atoms with Crippen LogP contribution in [0.2, 0.25) is 5.02 Å². The van der Waals surface area contributed by atoms with Gasteiger partial charge >= 0.3 is 0 Å². The van der Waals surface area contributed by atoms with Crippen LogP contribution in [-0.2, 0) is 6.54 Å². The van der Waals surface area contributed by atoms with E-state index in [2.05, 4.69) is 22.4 Å². The number of hydrogen-bond donors (Lipinski definition) is 2. The maximum atomic E-state index is 12.0. The molecule has 0 aliphatic carbocycles. The number of benzene rings is 2. The fourth-order valence-corrected chi connectivity index (χ4v) is 2.45. The Kier molecular flexibility index (Phi) is 3.67. The number of halogens is 1. The molecular formula is C17H15ClN2O. The summed E-state index contributed by atoms with van der Waals surface area (Å²) in [5.74, 6) is -0.1000. The van der Waals surface area contributed by atoms with Gasteiger partial charge in [0, 0.05) is 28.3 Å². The number of nitrogens with one attached hydrogen (secondary N) is 2. The molecule has 2 aromatic carbocycles. The SMILES string of the molecule is Cc1cc2cc(CNC(=O)c3ccc(Cl)cc3)ccc2[nH]1. The Balaban J connectivity index is 1.70. The van der Waals surface area contributed by atoms with Gasteiger partial charge in [0.1, 0.15) is 0 Å². The van der Waals surface area contributed by atoms with Gasteiger partial charge in [-0.2, -0.15) is 0 Å². The molecule has 0 saturated carbocycles. The third-order valence-electron chi connectivity index (χ3n) is 3.38. The van der Waals surface area contributed by atoms with Crippen LogP contribution >= 0.6 is 11.6 Å². The quantitative estimate of drug-likeness (QED) is 0.752. The number of aromatic amines is 1. The first-order chi connectivity index (χ1) is 10.1. The summed E-state index contributed by atoms with van der Waals surface area (Å²) in [6, 6.07) is 15.1. The Bertz CT molecular complexity index is 790. The molecule has 21 heavy (non-hydrogen) atoms. The summed E-state index contributed by atoms with van der Waals surface area (Å²) in [4.78, 5) is 15.3. The second kappa shape index (κ2) is 5.62. The van der Waals surface area contributed by atoms with E-state index in [1.165, 1.54) is 0 Å². The first-order valence-corrected chi connectivity index (χ1v) is 7.11. The van der Waals surface area contributed by atoms with Crippen molar-refractivity contribution < 1.29 is 4.79 Å². The molecule has 0 saturated heterocycles. The standard InChI is InChI=1S/C17H15ClN2O/c1-11-8-14-9-12(2-7-16(14)20-11)10-19-17(21)13-3-5-15(18)6-4-13/h2-9,20H,10H2,1H3,(H,19,21). The smallest absolute Gasteiger partial charge is 0.251 e. The minimum absolute atomic E-state index is 0.1000. The number of carbonyl (C=O) groups is 1. The number of aromatic nitrogens is 1. The molecule has 0 aliphatic rings. The molecule has 0 unspecified atom stereocenters. The van der Waals surface area contributed by atoms with Crippen LogP contribution in [0, 0.1) is 6.92 Å². The van der Waals surface area contributed by atoms with E-state index in [1.807, 2.05) is 19.1 Å². The highest BCUT2D eigenvalue weighted by atomic mass is 35.5. The third kappa shape index (κ3) is 3.09. The number of hydrogen-bond acceptors (Lipinski definition) is 1. The first kappa shape index (κ1) is 13.7. The van der Waals surface area contributed by atoms with Crippen molar-refractivity contribution in [2.45, 2.75) is 13.5 Å². The van der Waals surface area contributed by atoms with Gasteiger partial charge in [0.05, 0.1) is 0 Å². The molecule has 0 aliphatic heterocycles. The lowest BCUT2D eigenvalue weighted by Crippen LogP contribution is -2.22. The van der Waals surface area contributed by atoms with Crippen molar-refractivity contribution in [2.75, 3.05) is 0 Å². The van der Waals surface area contributed by atoms with E-state index in [4.69, 9.17) is 11.6 Å². The number of aryl methyl sites for hydroxylation is 1. The van der Waals surface area contributed by atoms with Crippen LogP contribution < -0.4 is 5.32 Å². The lowest BCUT2D eigenvalue weighted by atomic mass is 10.1. The second-order valence-corrected chi connectivity index (χ2v) is 5.50. The molecule has 3 aromatic rings. The predicted molar refractivity (Wildman–Crippen MR) is 85.7 cm³/mol. The fraction of sp³-hybridized carbons (Fsp3) is 0.118. The number of carbonyl (C=O) groups excluding carboxylic acids is 1. The number of H-pyrrole nitrogens is 1. The van der Waals surface area contributed by atoms with Crippen molar-refractivity contribution in [1.82, 2.24) is 10.3 Å². The summed E-state index contributed by atoms with van der Waals surface area (Å²) in [7, 11) is 0. The molecule has 0 spiro atoms. The van der Waals surface area contributed by atoms with Gasteiger partial charge in [-0.15, -0.1) is 0 Å². The topological polar surface area (TPSA) is 44.9 Å². The van der Waals surface area contributed by atoms with Gasteiger partial charge in [-0.05, 0) is 60.3 Å². The van der Waals surface area contributed by atoms with E-state index in [1.54, 1.807) is 24.3 Å². The van der Waals surface area contributed by atoms with Crippen LogP contribution in [0.5, 0.6) is 0 Å². The van der Waals surface area contributed by atoms with Crippen molar-refractivity contribution in [2.24, 2.45) is 0 Å². The first-order valence-electron chi connectivity index (χ1n) is 6.74. The zero-order chi connectivity index (χ0) is 14.8. The average molecular weight is 299 g/mol. The van der Waals surface area contributed by atoms with Gasteiger partial charge in [-0.3, -0.25) is 4.79 Å². The molecule has 3 rings (SSSR count). The molecule has 3 nitrogen and oxygen atoms in total. The van der Waals surface area contributed by atoms with E-state index in [-0.39, 0.29) is 5.91 Å². The number of rotatable bonds is 3. The van der Waals surface area contributed by atoms with Gasteiger partial charge < -0.3 is 10.3 Å². The van der Waals surface area contributed by atoms with Gasteiger partial charge in [-0.25, -0.2) is 0 Å². The molecule has 0 bridgehead atoms. The van der Waals surface area contributed by atoms with Crippen LogP contribution in [0.1, 0.15) is 21.6 Å². The van der Waals surface area contributed by atoms with Crippen molar-refractivity contribution in [3.63, 3.8) is 0 Å². The van der Waals surface area contributed by atoms with E-state index < -0.39 is 0 Å². The van der Waals surface area contributed by atoms with Crippen LogP contribution in [0.15, 0.2) is 48.5 Å². The predicted octanol–water partition coefficient (Wildman–Crippen LogP) is 4.06. The minimum Gasteiger partial charge on any atom is -0.359 e. The molecule has 0 fully saturated rings. The largest absolute Gasteiger partial charge is 0.359 e. The minimum atomic E-state index is -0.1000. The zero-order valence-electron chi connectivity index (χ0n) is 11.6. The van der Waals surface area contributed by atoms with E-state index in [0.717, 1.165) is 22.2 Å². The second-order valence-electron chi connectivity index (χ2n) is 5.06. The maximum absolute atomic E-state index is 12.0. The summed E-state index contributed by atoms with van der Waals surface area (Å²) >= 11 is 5.81. The van der Waals surface area contributed by atoms with Crippen LogP contribution in [0.25, 0.3) is 10.9 Å². The normalized spacial score (nSPS) is 10.8. The van der Waals surface area contributed by atoms with Crippen molar-refractivity contribution in [3.8, 4) is 0 Å². The van der Waals surface area contributed by atoms with Gasteiger partial charge in [0.15, 0.2) is 0 Å². The third-order valence-corrected chi connectivity index (χ3v) is 3.63. The summed E-state index contributed by atoms with van der Waals surface area (Å²) in [5, 5.41) is 4.70. The highest BCUT2D eigenvalue weighted by molar-refractivity contribution is 6.30. The van der Waals surface area contributed by atoms with Crippen LogP contribution in [-0.4, -0.2) is 10.9 Å². The molecule has 4 heteroatoms. The lowest BCUT2D eigenvalue weighted by Gasteiger charge is -2.06. The fourth-order valence-electron chi connectivity index (χ4n) is 2.32. The lowest BCUT2D eigenvalue weighted by molar-refractivity contribution is 0.0951. The molecule has 1 amide bonds. The molecule has 2 N–H and O–H groups in total. The number of amides is 1. The molecule has 1 heterocycles. The van der Waals surface area contributed by atoms with Crippen molar-refractivity contribution in [1.29, 1.82) is 0 Å². The van der Waals surface area contributed by atoms with Crippen LogP contribution in [0.3, 0.4) is 0 Å². The maximum Gasteiger partial charge on any atom is 0.251 e. The highest BCUT2D eigenvalue weighted by Gasteiger charge is 2.05. The average Bonchev–Trinajstić information content (AvgIpc) is 2.84. The molecular weight excluding hydrogens is 284 g/mol. The Labute approximate surface area is 127 Å². The monoisotopic (exact) mass is 298 g/mol. The highest BCUT2D eigenvalue weighted by Crippen LogP contribution is 2.17. The molecule has 0 radical (unpaired) electrons. The number of fused-ring (bicyclic) bond motifs is 1. The van der Waals surface area contributed by atoms with Crippen LogP contribution in [0.4, 0.5) is 0 Å². The summed E-state index contributed by atoms with van der Waals surface area (Å²) in [6.07, 6.45) is 0. The van der Waals surface area contributed by atoms with Gasteiger partial charge in [-0.1, -0.05) is 17.7 Å². The summed E-state index contributed by atoms with van der Waals surface area (Å²) in [5.41, 5.74) is 3.93. The van der Waals surface area contributed by atoms with E-state index in [9.17, 15) is 4.79 Å². The van der Waals surface area contributed by atoms with Crippen molar-refractivity contribution >= 4 is 28.4 Å². The molecule has 106 valence electrons. The molecule has 1 aromatic heterocycles. The van der Waals surface area contributed by atoms with Gasteiger partial charge in [0.2, 0.25) is 0 Å². The Hall–Kier alpha value is -2.26. The van der Waals surface area contributed by atoms with E-state index >= 15 is 0 Å². The van der Waals surface area contributed by atoms with Crippen molar-refractivity contribution in [3.05, 3.63) is 70.4 Å². The van der Waals surface area contributed by atoms with E-state index in [0.29, 0.717) is 17.1 Å². The summed E-state index contributed by atoms with van der Waals surface area (Å²) < 4.78 is 0. The Morgan fingerprint density at radius 1 is 1.14 bits per heavy atom.